The van der Waals surface area contributed by atoms with Crippen LogP contribution in [0.5, 0.6) is 11.5 Å². The van der Waals surface area contributed by atoms with Crippen molar-refractivity contribution in [3.8, 4) is 11.5 Å². The van der Waals surface area contributed by atoms with Gasteiger partial charge in [0.2, 0.25) is 10.0 Å². The fourth-order valence-electron chi connectivity index (χ4n) is 2.38. The minimum absolute atomic E-state index is 0.00421. The quantitative estimate of drug-likeness (QED) is 0.894. The maximum Gasteiger partial charge on any atom is 0.246 e. The average Bonchev–Trinajstić information content (AvgIpc) is 2.54. The number of sulfonamides is 1. The summed E-state index contributed by atoms with van der Waals surface area (Å²) in [7, 11) is -4.27. The molecule has 0 saturated heterocycles. The molecular weight excluding hydrogens is 340 g/mol. The molecule has 0 bridgehead atoms. The first-order valence-electron chi connectivity index (χ1n) is 7.29. The Bertz CT molecular complexity index is 835. The van der Waals surface area contributed by atoms with E-state index >= 15 is 0 Å². The highest BCUT2D eigenvalue weighted by Gasteiger charge is 2.23. The summed E-state index contributed by atoms with van der Waals surface area (Å²) in [5, 5.41) is 0. The molecule has 2 aromatic carbocycles. The Morgan fingerprint density at radius 2 is 1.67 bits per heavy atom. The molecule has 0 radical (unpaired) electrons. The molecule has 5 nitrogen and oxygen atoms in total. The second kappa shape index (κ2) is 6.74. The molecule has 3 rings (SSSR count). The Labute approximate surface area is 138 Å². The van der Waals surface area contributed by atoms with Crippen molar-refractivity contribution < 1.29 is 26.7 Å². The van der Waals surface area contributed by atoms with Gasteiger partial charge >= 0.3 is 0 Å². The first-order valence-corrected chi connectivity index (χ1v) is 8.78. The Kier molecular flexibility index (Phi) is 4.68. The van der Waals surface area contributed by atoms with Gasteiger partial charge in [0.15, 0.2) is 16.4 Å². The molecule has 1 aliphatic rings. The highest BCUT2D eigenvalue weighted by Crippen LogP contribution is 2.30. The minimum Gasteiger partial charge on any atom is -0.486 e. The van der Waals surface area contributed by atoms with E-state index in [0.717, 1.165) is 23.8 Å². The van der Waals surface area contributed by atoms with Gasteiger partial charge in [0.05, 0.1) is 0 Å². The van der Waals surface area contributed by atoms with Crippen LogP contribution in [0.1, 0.15) is 5.56 Å². The molecule has 24 heavy (non-hydrogen) atoms. The number of nitrogens with one attached hydrogen (secondary N) is 1. The van der Waals surface area contributed by atoms with Crippen LogP contribution in [0.4, 0.5) is 8.78 Å². The zero-order valence-corrected chi connectivity index (χ0v) is 13.4. The summed E-state index contributed by atoms with van der Waals surface area (Å²) < 4.78 is 64.4. The summed E-state index contributed by atoms with van der Waals surface area (Å²) >= 11 is 0. The van der Waals surface area contributed by atoms with E-state index in [1.807, 2.05) is 0 Å². The molecule has 1 heterocycles. The molecule has 8 heteroatoms. The molecular formula is C16H15F2NO4S. The van der Waals surface area contributed by atoms with E-state index in [9.17, 15) is 17.2 Å². The fourth-order valence-corrected chi connectivity index (χ4v) is 3.55. The molecule has 0 fully saturated rings. The molecule has 0 aromatic heterocycles. The first-order chi connectivity index (χ1) is 11.5. The number of ether oxygens (including phenoxy) is 2. The molecule has 0 spiro atoms. The van der Waals surface area contributed by atoms with Crippen LogP contribution in [0.15, 0.2) is 41.3 Å². The predicted octanol–water partition coefficient (Wildman–Crippen LogP) is 2.26. The minimum atomic E-state index is -4.27. The summed E-state index contributed by atoms with van der Waals surface area (Å²) in [6.07, 6.45) is 0.339. The number of rotatable bonds is 5. The molecule has 0 amide bonds. The second-order valence-electron chi connectivity index (χ2n) is 5.18. The van der Waals surface area contributed by atoms with Crippen molar-refractivity contribution in [1.29, 1.82) is 0 Å². The second-order valence-corrected chi connectivity index (χ2v) is 6.88. The highest BCUT2D eigenvalue weighted by molar-refractivity contribution is 7.89. The number of fused-ring (bicyclic) bond motifs is 1. The average molecular weight is 355 g/mol. The van der Waals surface area contributed by atoms with Crippen molar-refractivity contribution in [2.24, 2.45) is 0 Å². The summed E-state index contributed by atoms with van der Waals surface area (Å²) in [6.45, 7) is 0.936. The van der Waals surface area contributed by atoms with Crippen molar-refractivity contribution in [3.05, 3.63) is 53.6 Å². The van der Waals surface area contributed by atoms with Crippen LogP contribution in [0.2, 0.25) is 0 Å². The summed E-state index contributed by atoms with van der Waals surface area (Å²) in [5.41, 5.74) is 0.816. The molecule has 128 valence electrons. The van der Waals surface area contributed by atoms with Crippen LogP contribution in [0.25, 0.3) is 0 Å². The molecule has 0 saturated carbocycles. The number of halogens is 2. The largest absolute Gasteiger partial charge is 0.486 e. The molecule has 1 aliphatic heterocycles. The van der Waals surface area contributed by atoms with Crippen LogP contribution in [0.3, 0.4) is 0 Å². The Hall–Kier alpha value is -2.19. The van der Waals surface area contributed by atoms with Gasteiger partial charge in [-0.25, -0.2) is 21.9 Å². The zero-order valence-electron chi connectivity index (χ0n) is 12.6. The lowest BCUT2D eigenvalue weighted by molar-refractivity contribution is 0.171. The standard InChI is InChI=1S/C16H15F2NO4S/c17-12-2-1-3-13(18)16(12)24(20,21)19-7-6-11-4-5-14-15(10-11)23-9-8-22-14/h1-5,10,19H,6-9H2. The third kappa shape index (κ3) is 3.49. The lowest BCUT2D eigenvalue weighted by Crippen LogP contribution is -2.27. The maximum absolute atomic E-state index is 13.6. The van der Waals surface area contributed by atoms with Crippen molar-refractivity contribution in [1.82, 2.24) is 4.72 Å². The van der Waals surface area contributed by atoms with E-state index in [1.165, 1.54) is 0 Å². The van der Waals surface area contributed by atoms with Crippen molar-refractivity contribution in [2.45, 2.75) is 11.3 Å². The van der Waals surface area contributed by atoms with E-state index in [1.54, 1.807) is 18.2 Å². The smallest absolute Gasteiger partial charge is 0.246 e. The number of benzene rings is 2. The van der Waals surface area contributed by atoms with E-state index in [2.05, 4.69) is 4.72 Å². The van der Waals surface area contributed by atoms with Gasteiger partial charge in [-0.15, -0.1) is 0 Å². The van der Waals surface area contributed by atoms with Gasteiger partial charge in [-0.2, -0.15) is 0 Å². The molecule has 0 atom stereocenters. The van der Waals surface area contributed by atoms with Crippen LogP contribution in [-0.2, 0) is 16.4 Å². The van der Waals surface area contributed by atoms with Gasteiger partial charge in [0.1, 0.15) is 24.8 Å². The van der Waals surface area contributed by atoms with Gasteiger partial charge in [-0.05, 0) is 36.2 Å². The van der Waals surface area contributed by atoms with Crippen molar-refractivity contribution >= 4 is 10.0 Å². The SMILES string of the molecule is O=S(=O)(NCCc1ccc2c(c1)OCCO2)c1c(F)cccc1F. The van der Waals surface area contributed by atoms with Gasteiger partial charge in [-0.1, -0.05) is 12.1 Å². The van der Waals surface area contributed by atoms with Crippen molar-refractivity contribution in [2.75, 3.05) is 19.8 Å². The van der Waals surface area contributed by atoms with Crippen LogP contribution in [0, 0.1) is 11.6 Å². The maximum atomic E-state index is 13.6. The Balaban J connectivity index is 1.68. The van der Waals surface area contributed by atoms with Crippen molar-refractivity contribution in [3.63, 3.8) is 0 Å². The van der Waals surface area contributed by atoms with E-state index in [4.69, 9.17) is 9.47 Å². The number of hydrogen-bond acceptors (Lipinski definition) is 4. The Morgan fingerprint density at radius 3 is 2.38 bits per heavy atom. The highest BCUT2D eigenvalue weighted by atomic mass is 32.2. The van der Waals surface area contributed by atoms with Gasteiger partial charge in [-0.3, -0.25) is 0 Å². The van der Waals surface area contributed by atoms with E-state index in [-0.39, 0.29) is 6.54 Å². The van der Waals surface area contributed by atoms with Crippen LogP contribution < -0.4 is 14.2 Å². The lowest BCUT2D eigenvalue weighted by Gasteiger charge is -2.18. The summed E-state index contributed by atoms with van der Waals surface area (Å²) in [6, 6.07) is 8.20. The van der Waals surface area contributed by atoms with E-state index < -0.39 is 26.6 Å². The third-order valence-corrected chi connectivity index (χ3v) is 5.01. The molecule has 0 unspecified atom stereocenters. The van der Waals surface area contributed by atoms with Gasteiger partial charge in [0, 0.05) is 6.54 Å². The van der Waals surface area contributed by atoms with Crippen LogP contribution >= 0.6 is 0 Å². The number of hydrogen-bond donors (Lipinski definition) is 1. The monoisotopic (exact) mass is 355 g/mol. The molecule has 0 aliphatic carbocycles. The third-order valence-electron chi connectivity index (χ3n) is 3.50. The fraction of sp³-hybridized carbons (Fsp3) is 0.250. The van der Waals surface area contributed by atoms with Gasteiger partial charge in [0.25, 0.3) is 0 Å². The topological polar surface area (TPSA) is 64.6 Å². The predicted molar refractivity (Wildman–Crippen MR) is 82.7 cm³/mol. The van der Waals surface area contributed by atoms with Crippen LogP contribution in [-0.4, -0.2) is 28.2 Å². The summed E-state index contributed by atoms with van der Waals surface area (Å²) in [5.74, 6) is -1.01. The normalized spacial score (nSPS) is 13.8. The first kappa shape index (κ1) is 16.7. The van der Waals surface area contributed by atoms with E-state index in [0.29, 0.717) is 31.1 Å². The lowest BCUT2D eigenvalue weighted by atomic mass is 10.1. The molecule has 1 N–H and O–H groups in total. The summed E-state index contributed by atoms with van der Waals surface area (Å²) in [4.78, 5) is -0.966. The Morgan fingerprint density at radius 1 is 1.00 bits per heavy atom. The van der Waals surface area contributed by atoms with Gasteiger partial charge < -0.3 is 9.47 Å². The molecule has 2 aromatic rings. The zero-order chi connectivity index (χ0) is 17.2.